The topological polar surface area (TPSA) is 49.3 Å². The highest BCUT2D eigenvalue weighted by Crippen LogP contribution is 2.23. The molecule has 0 aliphatic carbocycles. The molecule has 2 aromatic rings. The van der Waals surface area contributed by atoms with Gasteiger partial charge in [-0.1, -0.05) is 24.3 Å². The van der Waals surface area contributed by atoms with Crippen LogP contribution in [0.15, 0.2) is 30.5 Å². The van der Waals surface area contributed by atoms with E-state index in [4.69, 9.17) is 0 Å². The lowest BCUT2D eigenvalue weighted by Crippen LogP contribution is -2.13. The molecule has 1 aromatic carbocycles. The third kappa shape index (κ3) is 2.33. The molecule has 0 amide bonds. The summed E-state index contributed by atoms with van der Waals surface area (Å²) in [6.45, 7) is 1.97. The molecule has 0 spiro atoms. The first kappa shape index (κ1) is 12.5. The van der Waals surface area contributed by atoms with Crippen LogP contribution in [0.5, 0.6) is 0 Å². The number of hydrogen-bond acceptors (Lipinski definition) is 4. The SMILES string of the molecule is Cc1cnc(-c2ccccc2CO)nc1N(C)C. The lowest BCUT2D eigenvalue weighted by atomic mass is 10.1. The molecule has 2 rings (SSSR count). The molecule has 0 unspecified atom stereocenters. The molecule has 1 heterocycles. The number of aromatic nitrogens is 2. The zero-order chi connectivity index (χ0) is 13.1. The quantitative estimate of drug-likeness (QED) is 0.896. The molecule has 0 bridgehead atoms. The summed E-state index contributed by atoms with van der Waals surface area (Å²) < 4.78 is 0. The molecule has 0 atom stereocenters. The number of aliphatic hydroxyl groups excluding tert-OH is 1. The Kier molecular flexibility index (Phi) is 3.58. The van der Waals surface area contributed by atoms with Crippen molar-refractivity contribution in [2.75, 3.05) is 19.0 Å². The van der Waals surface area contributed by atoms with E-state index in [0.29, 0.717) is 5.82 Å². The first-order chi connectivity index (χ1) is 8.63. The van der Waals surface area contributed by atoms with Crippen molar-refractivity contribution in [3.8, 4) is 11.4 Å². The van der Waals surface area contributed by atoms with Crippen molar-refractivity contribution in [1.82, 2.24) is 9.97 Å². The third-order valence-corrected chi connectivity index (χ3v) is 2.80. The summed E-state index contributed by atoms with van der Waals surface area (Å²) in [6.07, 6.45) is 1.81. The van der Waals surface area contributed by atoms with E-state index in [-0.39, 0.29) is 6.61 Å². The van der Waals surface area contributed by atoms with Gasteiger partial charge in [0.05, 0.1) is 6.61 Å². The van der Waals surface area contributed by atoms with Crippen LogP contribution in [0.2, 0.25) is 0 Å². The van der Waals surface area contributed by atoms with Crippen LogP contribution in [0.25, 0.3) is 11.4 Å². The summed E-state index contributed by atoms with van der Waals surface area (Å²) >= 11 is 0. The predicted octanol–water partition coefficient (Wildman–Crippen LogP) is 2.01. The molecule has 0 saturated heterocycles. The summed E-state index contributed by atoms with van der Waals surface area (Å²) in [4.78, 5) is 10.9. The van der Waals surface area contributed by atoms with Gasteiger partial charge in [-0.05, 0) is 12.5 Å². The standard InChI is InChI=1S/C14H17N3O/c1-10-8-15-13(16-14(10)17(2)3)12-7-5-4-6-11(12)9-18/h4-8,18H,9H2,1-3H3. The summed E-state index contributed by atoms with van der Waals surface area (Å²) in [5, 5.41) is 9.35. The van der Waals surface area contributed by atoms with Crippen LogP contribution < -0.4 is 4.90 Å². The van der Waals surface area contributed by atoms with E-state index in [2.05, 4.69) is 9.97 Å². The number of anilines is 1. The Morgan fingerprint density at radius 2 is 1.94 bits per heavy atom. The first-order valence-corrected chi connectivity index (χ1v) is 5.83. The second-order valence-corrected chi connectivity index (χ2v) is 4.41. The van der Waals surface area contributed by atoms with E-state index < -0.39 is 0 Å². The zero-order valence-corrected chi connectivity index (χ0v) is 10.9. The van der Waals surface area contributed by atoms with Crippen molar-refractivity contribution in [3.05, 3.63) is 41.6 Å². The van der Waals surface area contributed by atoms with E-state index in [1.165, 1.54) is 0 Å². The largest absolute Gasteiger partial charge is 0.392 e. The van der Waals surface area contributed by atoms with Gasteiger partial charge in [0.15, 0.2) is 5.82 Å². The molecule has 94 valence electrons. The average Bonchev–Trinajstić information content (AvgIpc) is 2.39. The highest BCUT2D eigenvalue weighted by atomic mass is 16.3. The Labute approximate surface area is 107 Å². The number of benzene rings is 1. The van der Waals surface area contributed by atoms with E-state index in [1.807, 2.05) is 56.4 Å². The van der Waals surface area contributed by atoms with Crippen molar-refractivity contribution >= 4 is 5.82 Å². The summed E-state index contributed by atoms with van der Waals surface area (Å²) in [5.41, 5.74) is 2.75. The summed E-state index contributed by atoms with van der Waals surface area (Å²) in [5.74, 6) is 1.54. The maximum absolute atomic E-state index is 9.35. The van der Waals surface area contributed by atoms with Gasteiger partial charge < -0.3 is 10.0 Å². The predicted molar refractivity (Wildman–Crippen MR) is 72.5 cm³/mol. The molecular formula is C14H17N3O. The molecule has 18 heavy (non-hydrogen) atoms. The van der Waals surface area contributed by atoms with Crippen LogP contribution in [-0.4, -0.2) is 29.2 Å². The molecule has 1 aromatic heterocycles. The van der Waals surface area contributed by atoms with Gasteiger partial charge in [0, 0.05) is 31.4 Å². The van der Waals surface area contributed by atoms with Crippen LogP contribution >= 0.6 is 0 Å². The van der Waals surface area contributed by atoms with Crippen LogP contribution in [0.3, 0.4) is 0 Å². The molecule has 0 fully saturated rings. The van der Waals surface area contributed by atoms with Crippen LogP contribution in [0.4, 0.5) is 5.82 Å². The monoisotopic (exact) mass is 243 g/mol. The van der Waals surface area contributed by atoms with Gasteiger partial charge in [-0.2, -0.15) is 0 Å². The number of nitrogens with zero attached hydrogens (tertiary/aromatic N) is 3. The van der Waals surface area contributed by atoms with E-state index in [0.717, 1.165) is 22.5 Å². The van der Waals surface area contributed by atoms with Gasteiger partial charge in [-0.3, -0.25) is 0 Å². The Balaban J connectivity index is 2.54. The van der Waals surface area contributed by atoms with E-state index in [9.17, 15) is 5.11 Å². The van der Waals surface area contributed by atoms with Crippen molar-refractivity contribution in [2.24, 2.45) is 0 Å². The third-order valence-electron chi connectivity index (χ3n) is 2.80. The van der Waals surface area contributed by atoms with Gasteiger partial charge in [0.2, 0.25) is 0 Å². The van der Waals surface area contributed by atoms with Crippen LogP contribution in [-0.2, 0) is 6.61 Å². The molecule has 4 heteroatoms. The number of hydrogen-bond donors (Lipinski definition) is 1. The number of aryl methyl sites for hydroxylation is 1. The molecule has 0 aliphatic heterocycles. The second-order valence-electron chi connectivity index (χ2n) is 4.41. The van der Waals surface area contributed by atoms with Gasteiger partial charge >= 0.3 is 0 Å². The zero-order valence-electron chi connectivity index (χ0n) is 10.9. The van der Waals surface area contributed by atoms with Crippen molar-refractivity contribution in [2.45, 2.75) is 13.5 Å². The van der Waals surface area contributed by atoms with Gasteiger partial charge in [-0.15, -0.1) is 0 Å². The van der Waals surface area contributed by atoms with Crippen molar-refractivity contribution in [1.29, 1.82) is 0 Å². The second kappa shape index (κ2) is 5.14. The van der Waals surface area contributed by atoms with Crippen LogP contribution in [0.1, 0.15) is 11.1 Å². The van der Waals surface area contributed by atoms with Crippen molar-refractivity contribution in [3.63, 3.8) is 0 Å². The minimum atomic E-state index is -0.00922. The van der Waals surface area contributed by atoms with Gasteiger partial charge in [0.1, 0.15) is 5.82 Å². The molecule has 4 nitrogen and oxygen atoms in total. The fraction of sp³-hybridized carbons (Fsp3) is 0.286. The minimum Gasteiger partial charge on any atom is -0.392 e. The Morgan fingerprint density at radius 3 is 2.61 bits per heavy atom. The van der Waals surface area contributed by atoms with Crippen LogP contribution in [0, 0.1) is 6.92 Å². The molecule has 0 radical (unpaired) electrons. The van der Waals surface area contributed by atoms with Gasteiger partial charge in [0.25, 0.3) is 0 Å². The number of rotatable bonds is 3. The maximum atomic E-state index is 9.35. The van der Waals surface area contributed by atoms with E-state index in [1.54, 1.807) is 0 Å². The Bertz CT molecular complexity index is 552. The van der Waals surface area contributed by atoms with Crippen molar-refractivity contribution < 1.29 is 5.11 Å². The maximum Gasteiger partial charge on any atom is 0.161 e. The smallest absolute Gasteiger partial charge is 0.161 e. The van der Waals surface area contributed by atoms with Gasteiger partial charge in [-0.25, -0.2) is 9.97 Å². The normalized spacial score (nSPS) is 10.4. The summed E-state index contributed by atoms with van der Waals surface area (Å²) in [6, 6.07) is 7.63. The highest BCUT2D eigenvalue weighted by Gasteiger charge is 2.10. The molecule has 1 N–H and O–H groups in total. The highest BCUT2D eigenvalue weighted by molar-refractivity contribution is 5.62. The average molecular weight is 243 g/mol. The lowest BCUT2D eigenvalue weighted by molar-refractivity contribution is 0.282. The number of aliphatic hydroxyl groups is 1. The molecular weight excluding hydrogens is 226 g/mol. The summed E-state index contributed by atoms with van der Waals surface area (Å²) in [7, 11) is 3.91. The molecule has 0 saturated carbocycles. The fourth-order valence-corrected chi connectivity index (χ4v) is 1.89. The van der Waals surface area contributed by atoms with E-state index >= 15 is 0 Å². The lowest BCUT2D eigenvalue weighted by Gasteiger charge is -2.15. The molecule has 0 aliphatic rings. The Morgan fingerprint density at radius 1 is 1.22 bits per heavy atom. The first-order valence-electron chi connectivity index (χ1n) is 5.83. The fourth-order valence-electron chi connectivity index (χ4n) is 1.89. The Hall–Kier alpha value is -1.94. The minimum absolute atomic E-state index is 0.00922.